The molecule has 11 heteroatoms. The summed E-state index contributed by atoms with van der Waals surface area (Å²) in [7, 11) is 0. The fourth-order valence-electron chi connectivity index (χ4n) is 2.42. The number of nitrogens with two attached hydrogens (primary N) is 1. The molecule has 0 saturated heterocycles. The molecule has 0 bridgehead atoms. The van der Waals surface area contributed by atoms with Gasteiger partial charge in [0.25, 0.3) is 11.5 Å². The molecule has 1 aromatic carbocycles. The van der Waals surface area contributed by atoms with E-state index in [0.29, 0.717) is 12.1 Å². The van der Waals surface area contributed by atoms with Crippen molar-refractivity contribution in [2.75, 3.05) is 5.32 Å². The monoisotopic (exact) mass is 399 g/mol. The van der Waals surface area contributed by atoms with Crippen LogP contribution in [0.25, 0.3) is 0 Å². The molecular formula is C17H13F4N3O4. The molecule has 2 aromatic rings. The Labute approximate surface area is 154 Å². The number of pyridine rings is 1. The number of hydrogen-bond acceptors (Lipinski definition) is 4. The first-order chi connectivity index (χ1) is 12.9. The highest BCUT2D eigenvalue weighted by atomic mass is 19.4. The second kappa shape index (κ2) is 7.62. The van der Waals surface area contributed by atoms with Gasteiger partial charge >= 0.3 is 6.18 Å². The van der Waals surface area contributed by atoms with Gasteiger partial charge in [-0.15, -0.1) is 0 Å². The van der Waals surface area contributed by atoms with Gasteiger partial charge in [0.05, 0.1) is 12.1 Å². The first-order valence-electron chi connectivity index (χ1n) is 7.63. The molecule has 0 spiro atoms. The van der Waals surface area contributed by atoms with E-state index >= 15 is 0 Å². The number of nitrogens with zero attached hydrogens (tertiary/aromatic N) is 1. The van der Waals surface area contributed by atoms with Gasteiger partial charge in [0.15, 0.2) is 5.78 Å². The van der Waals surface area contributed by atoms with Crippen LogP contribution in [0.3, 0.4) is 0 Å². The van der Waals surface area contributed by atoms with Crippen molar-refractivity contribution < 1.29 is 31.9 Å². The average molecular weight is 399 g/mol. The minimum Gasteiger partial charge on any atom is -0.365 e. The summed E-state index contributed by atoms with van der Waals surface area (Å²) in [6, 6.07) is 3.98. The largest absolute Gasteiger partial charge is 0.431 e. The average Bonchev–Trinajstić information content (AvgIpc) is 2.54. The van der Waals surface area contributed by atoms with E-state index in [1.807, 2.05) is 0 Å². The first kappa shape index (κ1) is 20.8. The smallest absolute Gasteiger partial charge is 0.365 e. The summed E-state index contributed by atoms with van der Waals surface area (Å²) in [6.07, 6.45) is -5.01. The number of Topliss-reactive ketones (excluding diaryl/α,β-unsaturated/α-hetero) is 1. The number of carbonyl (C=O) groups is 3. The first-order valence-corrected chi connectivity index (χ1v) is 7.63. The van der Waals surface area contributed by atoms with Crippen LogP contribution in [-0.2, 0) is 17.5 Å². The fourth-order valence-corrected chi connectivity index (χ4v) is 2.42. The maximum absolute atomic E-state index is 14.1. The topological polar surface area (TPSA) is 111 Å². The third-order valence-electron chi connectivity index (χ3n) is 3.62. The highest BCUT2D eigenvalue weighted by molar-refractivity contribution is 5.97. The van der Waals surface area contributed by atoms with Crippen LogP contribution in [0.5, 0.6) is 0 Å². The van der Waals surface area contributed by atoms with Gasteiger partial charge < -0.3 is 11.1 Å². The third kappa shape index (κ3) is 4.42. The second-order valence-corrected chi connectivity index (χ2v) is 5.68. The predicted octanol–water partition coefficient (Wildman–Crippen LogP) is 1.95. The number of hydrogen-bond donors (Lipinski definition) is 2. The number of amides is 2. The summed E-state index contributed by atoms with van der Waals surface area (Å²) in [6.45, 7) is -0.00102. The van der Waals surface area contributed by atoms with E-state index in [0.717, 1.165) is 12.1 Å². The van der Waals surface area contributed by atoms with Gasteiger partial charge in [0.2, 0.25) is 5.91 Å². The van der Waals surface area contributed by atoms with Crippen LogP contribution in [0.2, 0.25) is 0 Å². The number of nitrogens with one attached hydrogen (secondary N) is 1. The van der Waals surface area contributed by atoms with Gasteiger partial charge in [-0.2, -0.15) is 13.2 Å². The van der Waals surface area contributed by atoms with E-state index in [1.54, 1.807) is 0 Å². The Morgan fingerprint density at radius 2 is 1.71 bits per heavy atom. The van der Waals surface area contributed by atoms with Crippen LogP contribution in [-0.4, -0.2) is 22.2 Å². The fraction of sp³-hybridized carbons (Fsp3) is 0.176. The summed E-state index contributed by atoms with van der Waals surface area (Å²) < 4.78 is 53.7. The Bertz CT molecular complexity index is 1030. The van der Waals surface area contributed by atoms with E-state index in [9.17, 15) is 36.7 Å². The maximum atomic E-state index is 14.1. The van der Waals surface area contributed by atoms with Gasteiger partial charge in [0, 0.05) is 12.6 Å². The molecule has 0 atom stereocenters. The standard InChI is InChI=1S/C17H13F4N3O4/c1-8(25)23-9-2-3-10(12(18)6-9)13(26)7-24-14(17(19,20)21)5-4-11(15(22)27)16(24)28/h2-6H,7H2,1H3,(H2,22,27)(H,23,25). The SMILES string of the molecule is CC(=O)Nc1ccc(C(=O)Cn2c(C(F)(F)F)ccc(C(N)=O)c2=O)c(F)c1. The zero-order valence-corrected chi connectivity index (χ0v) is 14.3. The Morgan fingerprint density at radius 1 is 1.11 bits per heavy atom. The Hall–Kier alpha value is -3.50. The molecule has 3 N–H and O–H groups in total. The van der Waals surface area contributed by atoms with Gasteiger partial charge in [0.1, 0.15) is 17.1 Å². The van der Waals surface area contributed by atoms with Crippen LogP contribution in [0.1, 0.15) is 33.3 Å². The van der Waals surface area contributed by atoms with Crippen LogP contribution < -0.4 is 16.6 Å². The molecule has 0 aliphatic rings. The number of anilines is 1. The van der Waals surface area contributed by atoms with E-state index in [2.05, 4.69) is 5.32 Å². The lowest BCUT2D eigenvalue weighted by Crippen LogP contribution is -2.35. The number of rotatable bonds is 5. The number of alkyl halides is 3. The van der Waals surface area contributed by atoms with E-state index in [1.165, 1.54) is 13.0 Å². The van der Waals surface area contributed by atoms with Gasteiger partial charge in [-0.1, -0.05) is 0 Å². The number of ketones is 1. The number of benzene rings is 1. The third-order valence-corrected chi connectivity index (χ3v) is 3.62. The normalized spacial score (nSPS) is 11.2. The van der Waals surface area contributed by atoms with E-state index in [-0.39, 0.29) is 10.3 Å². The molecule has 7 nitrogen and oxygen atoms in total. The molecule has 148 valence electrons. The number of halogens is 4. The van der Waals surface area contributed by atoms with Crippen LogP contribution in [0.4, 0.5) is 23.2 Å². The van der Waals surface area contributed by atoms with Crippen LogP contribution >= 0.6 is 0 Å². The summed E-state index contributed by atoms with van der Waals surface area (Å²) in [5.41, 5.74) is 0.719. The minimum absolute atomic E-state index is 0.0175. The molecule has 28 heavy (non-hydrogen) atoms. The molecule has 0 unspecified atom stereocenters. The van der Waals surface area contributed by atoms with Crippen LogP contribution in [0.15, 0.2) is 35.1 Å². The maximum Gasteiger partial charge on any atom is 0.431 e. The lowest BCUT2D eigenvalue weighted by Gasteiger charge is -2.16. The van der Waals surface area contributed by atoms with Crippen molar-refractivity contribution in [1.29, 1.82) is 0 Å². The quantitative estimate of drug-likeness (QED) is 0.591. The molecule has 1 heterocycles. The predicted molar refractivity (Wildman–Crippen MR) is 89.3 cm³/mol. The zero-order valence-electron chi connectivity index (χ0n) is 14.3. The number of primary amides is 1. The van der Waals surface area contributed by atoms with Gasteiger partial charge in [-0.3, -0.25) is 23.7 Å². The highest BCUT2D eigenvalue weighted by Crippen LogP contribution is 2.28. The van der Waals surface area contributed by atoms with Crippen molar-refractivity contribution in [3.8, 4) is 0 Å². The second-order valence-electron chi connectivity index (χ2n) is 5.68. The molecule has 2 amide bonds. The molecule has 0 saturated carbocycles. The molecule has 0 aliphatic carbocycles. The Balaban J connectivity index is 2.48. The summed E-state index contributed by atoms with van der Waals surface area (Å²) >= 11 is 0. The molecular weight excluding hydrogens is 386 g/mol. The number of carbonyl (C=O) groups excluding carboxylic acids is 3. The van der Waals surface area contributed by atoms with E-state index < -0.39 is 58.5 Å². The summed E-state index contributed by atoms with van der Waals surface area (Å²) in [5.74, 6) is -4.03. The zero-order chi connectivity index (χ0) is 21.2. The van der Waals surface area contributed by atoms with Crippen molar-refractivity contribution in [1.82, 2.24) is 4.57 Å². The van der Waals surface area contributed by atoms with Crippen LogP contribution in [0, 0.1) is 5.82 Å². The molecule has 2 rings (SSSR count). The van der Waals surface area contributed by atoms with Crippen molar-refractivity contribution in [3.63, 3.8) is 0 Å². The minimum atomic E-state index is -5.01. The molecule has 0 radical (unpaired) electrons. The van der Waals surface area contributed by atoms with Crippen molar-refractivity contribution in [2.45, 2.75) is 19.6 Å². The van der Waals surface area contributed by atoms with Crippen molar-refractivity contribution >= 4 is 23.3 Å². The number of aromatic nitrogens is 1. The van der Waals surface area contributed by atoms with E-state index in [4.69, 9.17) is 5.73 Å². The molecule has 1 aromatic heterocycles. The summed E-state index contributed by atoms with van der Waals surface area (Å²) in [5, 5.41) is 2.27. The Morgan fingerprint density at radius 3 is 2.21 bits per heavy atom. The van der Waals surface area contributed by atoms with Crippen molar-refractivity contribution in [2.24, 2.45) is 5.73 Å². The summed E-state index contributed by atoms with van der Waals surface area (Å²) in [4.78, 5) is 46.7. The van der Waals surface area contributed by atoms with Crippen molar-refractivity contribution in [3.05, 3.63) is 63.3 Å². The highest BCUT2D eigenvalue weighted by Gasteiger charge is 2.35. The molecule has 0 aliphatic heterocycles. The van der Waals surface area contributed by atoms with Gasteiger partial charge in [-0.25, -0.2) is 4.39 Å². The van der Waals surface area contributed by atoms with Gasteiger partial charge in [-0.05, 0) is 30.3 Å². The Kier molecular flexibility index (Phi) is 5.67. The lowest BCUT2D eigenvalue weighted by atomic mass is 10.1. The molecule has 0 fully saturated rings. The lowest BCUT2D eigenvalue weighted by molar-refractivity contribution is -0.144.